The van der Waals surface area contributed by atoms with Crippen molar-refractivity contribution < 1.29 is 14.3 Å². The number of amides is 2. The third kappa shape index (κ3) is 9.01. The minimum atomic E-state index is -0.677. The van der Waals surface area contributed by atoms with Crippen molar-refractivity contribution in [1.29, 1.82) is 0 Å². The van der Waals surface area contributed by atoms with Gasteiger partial charge in [-0.1, -0.05) is 97.1 Å². The predicted octanol–water partition coefficient (Wildman–Crippen LogP) is 7.24. The molecule has 39 heavy (non-hydrogen) atoms. The van der Waals surface area contributed by atoms with Gasteiger partial charge in [-0.15, -0.1) is 0 Å². The summed E-state index contributed by atoms with van der Waals surface area (Å²) in [6, 6.07) is 24.1. The van der Waals surface area contributed by atoms with Gasteiger partial charge in [0.05, 0.1) is 6.61 Å². The van der Waals surface area contributed by atoms with Crippen LogP contribution in [0.25, 0.3) is 0 Å². The molecule has 0 radical (unpaired) electrons. The molecule has 0 bridgehead atoms. The summed E-state index contributed by atoms with van der Waals surface area (Å²) in [5.41, 5.74) is 1.74. The van der Waals surface area contributed by atoms with E-state index in [0.717, 1.165) is 42.6 Å². The van der Waals surface area contributed by atoms with Crippen molar-refractivity contribution in [2.75, 3.05) is 6.61 Å². The minimum absolute atomic E-state index is 0.114. The smallest absolute Gasteiger partial charge is 0.243 e. The number of rotatable bonds is 12. The highest BCUT2D eigenvalue weighted by molar-refractivity contribution is 6.35. The van der Waals surface area contributed by atoms with Crippen LogP contribution in [0.5, 0.6) is 5.75 Å². The molecule has 5 nitrogen and oxygen atoms in total. The summed E-state index contributed by atoms with van der Waals surface area (Å²) in [6.07, 6.45) is 6.55. The fourth-order valence-electron chi connectivity index (χ4n) is 5.01. The SMILES string of the molecule is O=C(NC1CCCCC1)C(Cc1ccccc1)N(Cc1ccc(Cl)cc1Cl)C(=O)CCCOc1ccccc1. The second-order valence-corrected chi connectivity index (χ2v) is 10.9. The van der Waals surface area contributed by atoms with Gasteiger partial charge in [0, 0.05) is 35.5 Å². The van der Waals surface area contributed by atoms with E-state index in [1.165, 1.54) is 6.42 Å². The molecule has 0 saturated heterocycles. The van der Waals surface area contributed by atoms with E-state index in [4.69, 9.17) is 27.9 Å². The number of carbonyl (C=O) groups excluding carboxylic acids is 2. The average Bonchev–Trinajstić information content (AvgIpc) is 2.95. The second-order valence-electron chi connectivity index (χ2n) is 10.1. The number of benzene rings is 3. The first-order valence-corrected chi connectivity index (χ1v) is 14.5. The van der Waals surface area contributed by atoms with Crippen molar-refractivity contribution in [2.45, 2.75) is 70.0 Å². The Morgan fingerprint density at radius 1 is 0.923 bits per heavy atom. The Morgan fingerprint density at radius 2 is 1.62 bits per heavy atom. The van der Waals surface area contributed by atoms with Crippen molar-refractivity contribution in [3.05, 3.63) is 100 Å². The molecule has 1 N–H and O–H groups in total. The Balaban J connectivity index is 1.55. The molecule has 4 rings (SSSR count). The van der Waals surface area contributed by atoms with Crippen LogP contribution in [0.1, 0.15) is 56.1 Å². The van der Waals surface area contributed by atoms with Crippen molar-refractivity contribution in [3.63, 3.8) is 0 Å². The molecule has 1 unspecified atom stereocenters. The van der Waals surface area contributed by atoms with Crippen LogP contribution in [-0.2, 0) is 22.6 Å². The van der Waals surface area contributed by atoms with E-state index < -0.39 is 6.04 Å². The lowest BCUT2D eigenvalue weighted by Gasteiger charge is -2.33. The summed E-state index contributed by atoms with van der Waals surface area (Å²) in [4.78, 5) is 29.3. The molecule has 0 spiro atoms. The van der Waals surface area contributed by atoms with E-state index >= 15 is 0 Å². The van der Waals surface area contributed by atoms with Crippen LogP contribution in [0, 0.1) is 0 Å². The summed E-state index contributed by atoms with van der Waals surface area (Å²) in [5, 5.41) is 4.26. The maximum atomic E-state index is 13.8. The number of ether oxygens (including phenoxy) is 1. The van der Waals surface area contributed by atoms with E-state index in [9.17, 15) is 9.59 Å². The number of halogens is 2. The van der Waals surface area contributed by atoms with Crippen molar-refractivity contribution in [1.82, 2.24) is 10.2 Å². The number of nitrogens with one attached hydrogen (secondary N) is 1. The average molecular weight is 568 g/mol. The zero-order valence-electron chi connectivity index (χ0n) is 22.2. The molecule has 0 aliphatic heterocycles. The first-order chi connectivity index (χ1) is 19.0. The lowest BCUT2D eigenvalue weighted by Crippen LogP contribution is -2.52. The van der Waals surface area contributed by atoms with Crippen LogP contribution in [0.3, 0.4) is 0 Å². The molecule has 1 atom stereocenters. The molecule has 1 fully saturated rings. The fourth-order valence-corrected chi connectivity index (χ4v) is 5.47. The third-order valence-electron chi connectivity index (χ3n) is 7.13. The third-order valence-corrected chi connectivity index (χ3v) is 7.71. The zero-order valence-corrected chi connectivity index (χ0v) is 23.7. The van der Waals surface area contributed by atoms with Gasteiger partial charge < -0.3 is 15.0 Å². The molecule has 1 saturated carbocycles. The Morgan fingerprint density at radius 3 is 2.31 bits per heavy atom. The monoisotopic (exact) mass is 566 g/mol. The molecule has 0 aromatic heterocycles. The maximum absolute atomic E-state index is 13.8. The lowest BCUT2D eigenvalue weighted by molar-refractivity contribution is -0.141. The molecule has 1 aliphatic rings. The summed E-state index contributed by atoms with van der Waals surface area (Å²) in [6.45, 7) is 0.618. The molecular weight excluding hydrogens is 531 g/mol. The van der Waals surface area contributed by atoms with Crippen molar-refractivity contribution in [3.8, 4) is 5.75 Å². The fraction of sp³-hybridized carbons (Fsp3) is 0.375. The Bertz CT molecular complexity index is 1200. The number of carbonyl (C=O) groups is 2. The summed E-state index contributed by atoms with van der Waals surface area (Å²) < 4.78 is 5.81. The zero-order chi connectivity index (χ0) is 27.5. The second kappa shape index (κ2) is 14.9. The highest BCUT2D eigenvalue weighted by Gasteiger charge is 2.32. The van der Waals surface area contributed by atoms with Gasteiger partial charge in [-0.3, -0.25) is 9.59 Å². The Hall–Kier alpha value is -3.02. The molecule has 7 heteroatoms. The van der Waals surface area contributed by atoms with Gasteiger partial charge in [-0.25, -0.2) is 0 Å². The van der Waals surface area contributed by atoms with Gasteiger partial charge in [0.2, 0.25) is 11.8 Å². The molecule has 3 aromatic rings. The van der Waals surface area contributed by atoms with Crippen LogP contribution in [-0.4, -0.2) is 35.4 Å². The topological polar surface area (TPSA) is 58.6 Å². The lowest BCUT2D eigenvalue weighted by atomic mass is 9.94. The molecular formula is C32H36Cl2N2O3. The van der Waals surface area contributed by atoms with Crippen LogP contribution in [0.2, 0.25) is 10.0 Å². The normalized spacial score (nSPS) is 14.4. The molecule has 1 aliphatic carbocycles. The summed E-state index contributed by atoms with van der Waals surface area (Å²) in [7, 11) is 0. The van der Waals surface area contributed by atoms with Crippen LogP contribution in [0.4, 0.5) is 0 Å². The largest absolute Gasteiger partial charge is 0.494 e. The van der Waals surface area contributed by atoms with E-state index in [2.05, 4.69) is 5.32 Å². The van der Waals surface area contributed by atoms with Crippen LogP contribution in [0.15, 0.2) is 78.9 Å². The minimum Gasteiger partial charge on any atom is -0.494 e. The van der Waals surface area contributed by atoms with E-state index in [1.807, 2.05) is 66.7 Å². The van der Waals surface area contributed by atoms with Gasteiger partial charge in [0.15, 0.2) is 0 Å². The number of hydrogen-bond acceptors (Lipinski definition) is 3. The van der Waals surface area contributed by atoms with Crippen molar-refractivity contribution in [2.24, 2.45) is 0 Å². The van der Waals surface area contributed by atoms with Gasteiger partial charge in [0.25, 0.3) is 0 Å². The highest BCUT2D eigenvalue weighted by atomic mass is 35.5. The van der Waals surface area contributed by atoms with E-state index in [-0.39, 0.29) is 30.8 Å². The summed E-state index contributed by atoms with van der Waals surface area (Å²) in [5.74, 6) is 0.533. The standard InChI is InChI=1S/C32H36Cl2N2O3/c33-26-19-18-25(29(34)22-26)23-36(31(37)17-10-20-39-28-15-8-3-9-16-28)30(21-24-11-4-1-5-12-24)32(38)35-27-13-6-2-7-14-27/h1,3-5,8-9,11-12,15-16,18-19,22,27,30H,2,6-7,10,13-14,17,20-21,23H2,(H,35,38). The first-order valence-electron chi connectivity index (χ1n) is 13.7. The number of hydrogen-bond donors (Lipinski definition) is 1. The number of nitrogens with zero attached hydrogens (tertiary/aromatic N) is 1. The quantitative estimate of drug-likeness (QED) is 0.235. The first kappa shape index (κ1) is 29.0. The summed E-state index contributed by atoms with van der Waals surface area (Å²) >= 11 is 12.7. The van der Waals surface area contributed by atoms with Gasteiger partial charge in [-0.05, 0) is 54.7 Å². The molecule has 206 valence electrons. The maximum Gasteiger partial charge on any atom is 0.243 e. The Labute approximate surface area is 241 Å². The van der Waals surface area contributed by atoms with Gasteiger partial charge in [0.1, 0.15) is 11.8 Å². The number of para-hydroxylation sites is 1. The predicted molar refractivity (Wildman–Crippen MR) is 157 cm³/mol. The molecule has 3 aromatic carbocycles. The van der Waals surface area contributed by atoms with Gasteiger partial charge in [-0.2, -0.15) is 0 Å². The molecule has 0 heterocycles. The molecule has 2 amide bonds. The van der Waals surface area contributed by atoms with Crippen LogP contribution < -0.4 is 10.1 Å². The van der Waals surface area contributed by atoms with E-state index in [0.29, 0.717) is 29.5 Å². The van der Waals surface area contributed by atoms with Crippen LogP contribution >= 0.6 is 23.2 Å². The Kier molecular flexibility index (Phi) is 11.1. The highest BCUT2D eigenvalue weighted by Crippen LogP contribution is 2.25. The van der Waals surface area contributed by atoms with E-state index in [1.54, 1.807) is 17.0 Å². The van der Waals surface area contributed by atoms with Crippen molar-refractivity contribution >= 4 is 35.0 Å². The van der Waals surface area contributed by atoms with Gasteiger partial charge >= 0.3 is 0 Å².